The number of aromatic nitrogens is 2. The van der Waals surface area contributed by atoms with Crippen LogP contribution in [0.1, 0.15) is 18.7 Å². The zero-order chi connectivity index (χ0) is 15.9. The van der Waals surface area contributed by atoms with Crippen LogP contribution in [-0.2, 0) is 11.3 Å². The molecule has 1 aromatic heterocycles. The summed E-state index contributed by atoms with van der Waals surface area (Å²) in [4.78, 5) is 13.2. The van der Waals surface area contributed by atoms with E-state index in [4.69, 9.17) is 9.15 Å². The van der Waals surface area contributed by atoms with Crippen LogP contribution in [0.3, 0.4) is 0 Å². The Morgan fingerprint density at radius 3 is 2.59 bits per heavy atom. The molecule has 1 heterocycles. The summed E-state index contributed by atoms with van der Waals surface area (Å²) in [5.41, 5.74) is 0.745. The molecule has 0 saturated heterocycles. The maximum atomic E-state index is 12.1. The average Bonchev–Trinajstić information content (AvgIpc) is 2.92. The van der Waals surface area contributed by atoms with E-state index in [2.05, 4.69) is 15.5 Å². The van der Waals surface area contributed by atoms with E-state index in [-0.39, 0.29) is 5.91 Å². The van der Waals surface area contributed by atoms with Crippen molar-refractivity contribution in [2.75, 3.05) is 25.5 Å². The third-order valence-corrected chi connectivity index (χ3v) is 3.25. The number of hydrogen-bond acceptors (Lipinski definition) is 5. The molecule has 1 amide bonds. The highest BCUT2D eigenvalue weighted by molar-refractivity contribution is 5.91. The van der Waals surface area contributed by atoms with Crippen molar-refractivity contribution in [2.24, 2.45) is 0 Å². The van der Waals surface area contributed by atoms with Gasteiger partial charge in [-0.2, -0.15) is 0 Å². The van der Waals surface area contributed by atoms with Gasteiger partial charge in [0, 0.05) is 12.6 Å². The van der Waals surface area contributed by atoms with Crippen molar-refractivity contribution in [3.8, 4) is 5.75 Å². The van der Waals surface area contributed by atoms with Crippen LogP contribution in [0.2, 0.25) is 0 Å². The fraction of sp³-hybridized carbons (Fsp3) is 0.400. The monoisotopic (exact) mass is 305 g/mol. The number of methoxy groups -OCH3 is 1. The summed E-state index contributed by atoms with van der Waals surface area (Å²) in [6.07, 6.45) is 0. The first kappa shape index (κ1) is 16.0. The van der Waals surface area contributed by atoms with Gasteiger partial charge >= 0.3 is 0 Å². The fourth-order valence-corrected chi connectivity index (χ4v) is 2.04. The van der Waals surface area contributed by atoms with Gasteiger partial charge in [-0.3, -0.25) is 4.79 Å². The van der Waals surface area contributed by atoms with Crippen molar-refractivity contribution in [3.63, 3.8) is 0 Å². The number of anilines is 1. The number of nitrogens with one attached hydrogen (secondary N) is 2. The summed E-state index contributed by atoms with van der Waals surface area (Å²) in [5.74, 6) is 1.78. The molecule has 0 aliphatic heterocycles. The molecule has 0 fully saturated rings. The third kappa shape index (κ3) is 4.56. The van der Waals surface area contributed by atoms with E-state index in [0.29, 0.717) is 24.9 Å². The summed E-state index contributed by atoms with van der Waals surface area (Å²) < 4.78 is 10.4. The molecular formula is C15H21N4O3+. The van der Waals surface area contributed by atoms with Gasteiger partial charge in [0.1, 0.15) is 5.75 Å². The molecule has 1 aromatic carbocycles. The lowest BCUT2D eigenvalue weighted by Gasteiger charge is -2.15. The molecule has 0 aliphatic rings. The Morgan fingerprint density at radius 1 is 1.32 bits per heavy atom. The molecule has 7 heteroatoms. The second kappa shape index (κ2) is 7.56. The predicted octanol–water partition coefficient (Wildman–Crippen LogP) is 0.430. The molecule has 0 saturated carbocycles. The lowest BCUT2D eigenvalue weighted by atomic mass is 10.3. The highest BCUT2D eigenvalue weighted by Crippen LogP contribution is 2.14. The predicted molar refractivity (Wildman–Crippen MR) is 80.7 cm³/mol. The summed E-state index contributed by atoms with van der Waals surface area (Å²) in [6.45, 7) is 5.42. The Labute approximate surface area is 129 Å². The number of benzene rings is 1. The second-order valence-electron chi connectivity index (χ2n) is 4.95. The van der Waals surface area contributed by atoms with Gasteiger partial charge < -0.3 is 19.4 Å². The van der Waals surface area contributed by atoms with Crippen molar-refractivity contribution in [1.29, 1.82) is 0 Å². The highest BCUT2D eigenvalue weighted by atomic mass is 16.5. The van der Waals surface area contributed by atoms with E-state index in [1.165, 1.54) is 0 Å². The number of aryl methyl sites for hydroxylation is 1. The van der Waals surface area contributed by atoms with Crippen molar-refractivity contribution in [2.45, 2.75) is 20.4 Å². The van der Waals surface area contributed by atoms with Gasteiger partial charge in [0.15, 0.2) is 13.1 Å². The number of amides is 1. The van der Waals surface area contributed by atoms with Gasteiger partial charge in [-0.15, -0.1) is 10.2 Å². The fourth-order valence-electron chi connectivity index (χ4n) is 2.04. The van der Waals surface area contributed by atoms with E-state index < -0.39 is 0 Å². The van der Waals surface area contributed by atoms with Crippen LogP contribution in [0, 0.1) is 6.92 Å². The second-order valence-corrected chi connectivity index (χ2v) is 4.95. The zero-order valence-corrected chi connectivity index (χ0v) is 13.0. The van der Waals surface area contributed by atoms with Crippen molar-refractivity contribution >= 4 is 11.6 Å². The van der Waals surface area contributed by atoms with Gasteiger partial charge in [-0.1, -0.05) is 0 Å². The van der Waals surface area contributed by atoms with E-state index in [9.17, 15) is 4.79 Å². The van der Waals surface area contributed by atoms with Crippen LogP contribution in [0.25, 0.3) is 0 Å². The lowest BCUT2D eigenvalue weighted by Crippen LogP contribution is -3.11. The van der Waals surface area contributed by atoms with E-state index in [1.807, 2.05) is 19.1 Å². The van der Waals surface area contributed by atoms with E-state index >= 15 is 0 Å². The van der Waals surface area contributed by atoms with Crippen LogP contribution < -0.4 is 15.0 Å². The van der Waals surface area contributed by atoms with Crippen molar-refractivity contribution < 1.29 is 18.8 Å². The number of carbonyl (C=O) groups is 1. The minimum atomic E-state index is -0.0572. The molecule has 0 bridgehead atoms. The Hall–Kier alpha value is -2.41. The average molecular weight is 305 g/mol. The SMILES string of the molecule is CC[NH+](CC(=O)Nc1ccc(OC)cc1)Cc1nnc(C)o1. The smallest absolute Gasteiger partial charge is 0.279 e. The molecular weight excluding hydrogens is 284 g/mol. The lowest BCUT2D eigenvalue weighted by molar-refractivity contribution is -0.905. The first-order chi connectivity index (χ1) is 10.6. The molecule has 2 N–H and O–H groups in total. The quantitative estimate of drug-likeness (QED) is 0.775. The Bertz CT molecular complexity index is 610. The normalized spacial score (nSPS) is 12.0. The molecule has 1 unspecified atom stereocenters. The van der Waals surface area contributed by atoms with Crippen LogP contribution in [-0.4, -0.2) is 36.3 Å². The van der Waals surface area contributed by atoms with Gasteiger partial charge in [0.2, 0.25) is 5.89 Å². The van der Waals surface area contributed by atoms with Crippen molar-refractivity contribution in [3.05, 3.63) is 36.0 Å². The maximum absolute atomic E-state index is 12.1. The number of quaternary nitrogens is 1. The first-order valence-electron chi connectivity index (χ1n) is 7.17. The minimum Gasteiger partial charge on any atom is -0.497 e. The molecule has 118 valence electrons. The van der Waals surface area contributed by atoms with Crippen LogP contribution in [0.15, 0.2) is 28.7 Å². The number of nitrogens with zero attached hydrogens (tertiary/aromatic N) is 2. The highest BCUT2D eigenvalue weighted by Gasteiger charge is 2.16. The number of carbonyl (C=O) groups excluding carboxylic acids is 1. The zero-order valence-electron chi connectivity index (χ0n) is 13.0. The van der Waals surface area contributed by atoms with Gasteiger partial charge in [0.25, 0.3) is 11.8 Å². The molecule has 2 aromatic rings. The molecule has 0 spiro atoms. The van der Waals surface area contributed by atoms with Crippen LogP contribution in [0.4, 0.5) is 5.69 Å². The van der Waals surface area contributed by atoms with E-state index in [1.54, 1.807) is 26.2 Å². The van der Waals surface area contributed by atoms with Crippen LogP contribution in [0.5, 0.6) is 5.75 Å². The molecule has 0 aliphatic carbocycles. The third-order valence-electron chi connectivity index (χ3n) is 3.25. The number of ether oxygens (including phenoxy) is 1. The molecule has 1 atom stereocenters. The largest absolute Gasteiger partial charge is 0.497 e. The molecule has 22 heavy (non-hydrogen) atoms. The van der Waals surface area contributed by atoms with Gasteiger partial charge in [0.05, 0.1) is 13.7 Å². The summed E-state index contributed by atoms with van der Waals surface area (Å²) in [5, 5.41) is 10.6. The number of likely N-dealkylation sites (N-methyl/N-ethyl adjacent to an activating group) is 1. The standard InChI is InChI=1S/C15H20N4O3/c1-4-19(10-15-18-17-11(2)22-15)9-14(20)16-12-5-7-13(21-3)8-6-12/h5-8H,4,9-10H2,1-3H3,(H,16,20)/p+1. The molecule has 7 nitrogen and oxygen atoms in total. The van der Waals surface area contributed by atoms with E-state index in [0.717, 1.165) is 22.9 Å². The minimum absolute atomic E-state index is 0.0572. The Kier molecular flexibility index (Phi) is 5.48. The Balaban J connectivity index is 1.88. The first-order valence-corrected chi connectivity index (χ1v) is 7.17. The Morgan fingerprint density at radius 2 is 2.05 bits per heavy atom. The number of hydrogen-bond donors (Lipinski definition) is 2. The summed E-state index contributed by atoms with van der Waals surface area (Å²) >= 11 is 0. The maximum Gasteiger partial charge on any atom is 0.279 e. The topological polar surface area (TPSA) is 81.7 Å². The van der Waals surface area contributed by atoms with Crippen molar-refractivity contribution in [1.82, 2.24) is 10.2 Å². The summed E-state index contributed by atoms with van der Waals surface area (Å²) in [6, 6.07) is 7.23. The molecule has 2 rings (SSSR count). The van der Waals surface area contributed by atoms with Gasteiger partial charge in [-0.25, -0.2) is 0 Å². The van der Waals surface area contributed by atoms with Crippen LogP contribution >= 0.6 is 0 Å². The number of rotatable bonds is 7. The summed E-state index contributed by atoms with van der Waals surface area (Å²) in [7, 11) is 1.61. The van der Waals surface area contributed by atoms with Gasteiger partial charge in [-0.05, 0) is 31.2 Å². The molecule has 0 radical (unpaired) electrons.